The number of methoxy groups -OCH3 is 2. The molecule has 1 unspecified atom stereocenters. The van der Waals surface area contributed by atoms with Gasteiger partial charge in [-0.15, -0.1) is 12.4 Å². The lowest BCUT2D eigenvalue weighted by Gasteiger charge is -2.27. The molecule has 0 radical (unpaired) electrons. The van der Waals surface area contributed by atoms with E-state index in [1.54, 1.807) is 7.11 Å². The van der Waals surface area contributed by atoms with Gasteiger partial charge in [0.2, 0.25) is 0 Å². The summed E-state index contributed by atoms with van der Waals surface area (Å²) in [5.74, 6) is 2.22. The topological polar surface area (TPSA) is 48.0 Å². The van der Waals surface area contributed by atoms with Crippen LogP contribution in [0.25, 0.3) is 0 Å². The lowest BCUT2D eigenvalue weighted by atomic mass is 9.97. The highest BCUT2D eigenvalue weighted by Gasteiger charge is 2.24. The zero-order valence-corrected chi connectivity index (χ0v) is 15.6. The van der Waals surface area contributed by atoms with E-state index in [0.29, 0.717) is 18.2 Å². The Morgan fingerprint density at radius 2 is 2.16 bits per heavy atom. The van der Waals surface area contributed by atoms with Crippen LogP contribution in [-0.2, 0) is 15.9 Å². The van der Waals surface area contributed by atoms with Crippen LogP contribution in [0, 0.1) is 0 Å². The van der Waals surface area contributed by atoms with Crippen molar-refractivity contribution in [2.24, 2.45) is 0 Å². The van der Waals surface area contributed by atoms with Crippen LogP contribution in [0.4, 0.5) is 4.79 Å². The number of ether oxygens (including phenoxy) is 3. The molecule has 0 amide bonds. The van der Waals surface area contributed by atoms with E-state index < -0.39 is 6.16 Å². The Hall–Kier alpha value is -1.72. The highest BCUT2D eigenvalue weighted by Crippen LogP contribution is 2.37. The highest BCUT2D eigenvalue weighted by molar-refractivity contribution is 5.85. The number of hydrogen-bond acceptors (Lipinski definition) is 5. The molecule has 25 heavy (non-hydrogen) atoms. The minimum Gasteiger partial charge on any atom is -0.497 e. The van der Waals surface area contributed by atoms with Gasteiger partial charge in [0.1, 0.15) is 11.5 Å². The Morgan fingerprint density at radius 3 is 2.92 bits per heavy atom. The van der Waals surface area contributed by atoms with Crippen molar-refractivity contribution in [2.75, 3.05) is 33.9 Å². The first-order chi connectivity index (χ1) is 11.7. The molecular formula is C19H26ClNO4. The zero-order valence-electron chi connectivity index (χ0n) is 14.8. The molecule has 0 saturated heterocycles. The minimum absolute atomic E-state index is 0. The van der Waals surface area contributed by atoms with Gasteiger partial charge in [0, 0.05) is 6.54 Å². The molecule has 138 valence electrons. The molecule has 3 rings (SSSR count). The van der Waals surface area contributed by atoms with Crippen LogP contribution < -0.4 is 4.74 Å². The summed E-state index contributed by atoms with van der Waals surface area (Å²) in [4.78, 5) is 13.6. The van der Waals surface area contributed by atoms with Crippen molar-refractivity contribution in [2.45, 2.75) is 31.6 Å². The SMILES string of the molecule is COC(=O)OC1=CCCN(CCC2CCc3ccc(OC)cc32)C1.Cl. The number of nitrogens with zero attached hydrogens (tertiary/aromatic N) is 1. The van der Waals surface area contributed by atoms with Crippen molar-refractivity contribution < 1.29 is 19.0 Å². The van der Waals surface area contributed by atoms with E-state index in [-0.39, 0.29) is 12.4 Å². The van der Waals surface area contributed by atoms with Crippen molar-refractivity contribution in [3.63, 3.8) is 0 Å². The fraction of sp³-hybridized carbons (Fsp3) is 0.526. The summed E-state index contributed by atoms with van der Waals surface area (Å²) in [6, 6.07) is 6.43. The van der Waals surface area contributed by atoms with Crippen LogP contribution in [0.2, 0.25) is 0 Å². The van der Waals surface area contributed by atoms with Crippen LogP contribution in [-0.4, -0.2) is 44.9 Å². The number of aryl methyl sites for hydroxylation is 1. The Bertz CT molecular complexity index is 632. The molecule has 0 N–H and O–H groups in total. The van der Waals surface area contributed by atoms with E-state index in [9.17, 15) is 4.79 Å². The first kappa shape index (κ1) is 19.6. The summed E-state index contributed by atoms with van der Waals surface area (Å²) >= 11 is 0. The van der Waals surface area contributed by atoms with Crippen LogP contribution in [0.1, 0.15) is 36.3 Å². The molecule has 6 heteroatoms. The third-order valence-corrected chi connectivity index (χ3v) is 4.93. The van der Waals surface area contributed by atoms with E-state index in [4.69, 9.17) is 9.47 Å². The maximum absolute atomic E-state index is 11.2. The van der Waals surface area contributed by atoms with Crippen LogP contribution in [0.5, 0.6) is 5.75 Å². The largest absolute Gasteiger partial charge is 0.513 e. The third-order valence-electron chi connectivity index (χ3n) is 4.93. The summed E-state index contributed by atoms with van der Waals surface area (Å²) in [6.07, 6.45) is 5.72. The number of carbonyl (C=O) groups excluding carboxylic acids is 1. The summed E-state index contributed by atoms with van der Waals surface area (Å²) in [5.41, 5.74) is 2.89. The first-order valence-electron chi connectivity index (χ1n) is 8.53. The molecule has 0 spiro atoms. The molecular weight excluding hydrogens is 342 g/mol. The molecule has 1 atom stereocenters. The number of fused-ring (bicyclic) bond motifs is 1. The summed E-state index contributed by atoms with van der Waals surface area (Å²) in [6.45, 7) is 2.68. The zero-order chi connectivity index (χ0) is 16.9. The monoisotopic (exact) mass is 367 g/mol. The average molecular weight is 368 g/mol. The molecule has 1 aromatic rings. The van der Waals surface area contributed by atoms with Crippen molar-refractivity contribution >= 4 is 18.6 Å². The lowest BCUT2D eigenvalue weighted by Crippen LogP contribution is -2.32. The van der Waals surface area contributed by atoms with Crippen molar-refractivity contribution in [3.8, 4) is 5.75 Å². The van der Waals surface area contributed by atoms with Gasteiger partial charge >= 0.3 is 6.16 Å². The van der Waals surface area contributed by atoms with E-state index in [1.165, 1.54) is 24.7 Å². The molecule has 2 aliphatic rings. The standard InChI is InChI=1S/C19H25NO4.ClH/c1-22-16-8-7-14-5-6-15(18(14)12-16)9-11-20-10-3-4-17(13-20)24-19(21)23-2;/h4,7-8,12,15H,3,5-6,9-11,13H2,1-2H3;1H. The van der Waals surface area contributed by atoms with Crippen LogP contribution >= 0.6 is 12.4 Å². The van der Waals surface area contributed by atoms with Crippen LogP contribution in [0.3, 0.4) is 0 Å². The van der Waals surface area contributed by atoms with Crippen molar-refractivity contribution in [1.29, 1.82) is 0 Å². The Morgan fingerprint density at radius 1 is 1.32 bits per heavy atom. The average Bonchev–Trinajstić information content (AvgIpc) is 3.02. The number of halogens is 1. The van der Waals surface area contributed by atoms with Gasteiger partial charge in [-0.1, -0.05) is 6.07 Å². The summed E-state index contributed by atoms with van der Waals surface area (Å²) in [5, 5.41) is 0. The predicted octanol–water partition coefficient (Wildman–Crippen LogP) is 3.91. The molecule has 5 nitrogen and oxygen atoms in total. The summed E-state index contributed by atoms with van der Waals surface area (Å²) < 4.78 is 15.1. The predicted molar refractivity (Wildman–Crippen MR) is 98.6 cm³/mol. The van der Waals surface area contributed by atoms with Gasteiger partial charge in [-0.25, -0.2) is 4.79 Å². The molecule has 1 aromatic carbocycles. The van der Waals surface area contributed by atoms with Gasteiger partial charge in [-0.3, -0.25) is 4.90 Å². The van der Waals surface area contributed by atoms with E-state index in [0.717, 1.165) is 38.1 Å². The second kappa shape index (κ2) is 9.11. The quantitative estimate of drug-likeness (QED) is 0.738. The van der Waals surface area contributed by atoms with Gasteiger partial charge in [0.15, 0.2) is 0 Å². The Balaban J connectivity index is 0.00000225. The molecule has 0 fully saturated rings. The van der Waals surface area contributed by atoms with Gasteiger partial charge in [0.05, 0.1) is 20.8 Å². The Kier molecular flexibility index (Phi) is 7.14. The number of carbonyl (C=O) groups is 1. The molecule has 1 aliphatic carbocycles. The fourth-order valence-electron chi connectivity index (χ4n) is 3.62. The van der Waals surface area contributed by atoms with Crippen molar-refractivity contribution in [1.82, 2.24) is 4.90 Å². The highest BCUT2D eigenvalue weighted by atomic mass is 35.5. The Labute approximate surface area is 155 Å². The number of hydrogen-bond donors (Lipinski definition) is 0. The lowest BCUT2D eigenvalue weighted by molar-refractivity contribution is 0.0870. The molecule has 1 heterocycles. The van der Waals surface area contributed by atoms with E-state index >= 15 is 0 Å². The fourth-order valence-corrected chi connectivity index (χ4v) is 3.62. The number of benzene rings is 1. The third kappa shape index (κ3) is 4.89. The molecule has 1 aliphatic heterocycles. The van der Waals surface area contributed by atoms with Crippen molar-refractivity contribution in [3.05, 3.63) is 41.2 Å². The molecule has 0 aromatic heterocycles. The van der Waals surface area contributed by atoms with E-state index in [2.05, 4.69) is 21.8 Å². The molecule has 0 saturated carbocycles. The van der Waals surface area contributed by atoms with E-state index in [1.807, 2.05) is 12.1 Å². The first-order valence-corrected chi connectivity index (χ1v) is 8.53. The van der Waals surface area contributed by atoms with Gasteiger partial charge < -0.3 is 14.2 Å². The van der Waals surface area contributed by atoms with Gasteiger partial charge in [0.25, 0.3) is 0 Å². The normalized spacial score (nSPS) is 19.4. The maximum atomic E-state index is 11.2. The smallest absolute Gasteiger partial charge is 0.497 e. The minimum atomic E-state index is -0.639. The molecule has 0 bridgehead atoms. The van der Waals surface area contributed by atoms with Gasteiger partial charge in [-0.2, -0.15) is 0 Å². The second-order valence-electron chi connectivity index (χ2n) is 6.38. The summed E-state index contributed by atoms with van der Waals surface area (Å²) in [7, 11) is 3.05. The second-order valence-corrected chi connectivity index (χ2v) is 6.38. The van der Waals surface area contributed by atoms with Crippen LogP contribution in [0.15, 0.2) is 30.0 Å². The van der Waals surface area contributed by atoms with Gasteiger partial charge in [-0.05, 0) is 67.5 Å². The number of rotatable bonds is 5. The maximum Gasteiger partial charge on any atom is 0.513 e.